The normalized spacial score (nSPS) is 14.7. The molecule has 39 heavy (non-hydrogen) atoms. The zero-order valence-corrected chi connectivity index (χ0v) is 25.2. The monoisotopic (exact) mass is 602 g/mol. The standard InChI is InChI=1S/C30H30Cl3FN4S/c1-30(2,21-5-10-24(31)25(32)17-21)28-18-35-29(38(28)23-8-6-22(34)7-9-23)39-19-20-4-11-27(26(33)16-20)37-14-12-36(3)13-15-37/h4-11,16-18H,12-15,19H2,1-3H3. The largest absolute Gasteiger partial charge is 0.368 e. The van der Waals surface area contributed by atoms with E-state index in [9.17, 15) is 4.39 Å². The smallest absolute Gasteiger partial charge is 0.173 e. The van der Waals surface area contributed by atoms with E-state index in [2.05, 4.69) is 47.4 Å². The van der Waals surface area contributed by atoms with Crippen LogP contribution in [-0.2, 0) is 11.2 Å². The molecule has 0 N–H and O–H groups in total. The Morgan fingerprint density at radius 1 is 0.872 bits per heavy atom. The average Bonchev–Trinajstić information content (AvgIpc) is 3.35. The molecule has 0 amide bonds. The SMILES string of the molecule is CN1CCN(c2ccc(CSc3ncc(C(C)(C)c4ccc(Cl)c(Cl)c4)n3-c3ccc(F)cc3)cc2Cl)CC1. The zero-order chi connectivity index (χ0) is 27.7. The number of aromatic nitrogens is 2. The number of benzene rings is 3. The highest BCUT2D eigenvalue weighted by Crippen LogP contribution is 2.39. The molecule has 4 aromatic rings. The molecule has 0 atom stereocenters. The molecule has 2 heterocycles. The molecule has 0 spiro atoms. The van der Waals surface area contributed by atoms with Gasteiger partial charge in [0.05, 0.1) is 32.6 Å². The quantitative estimate of drug-likeness (QED) is 0.198. The molecular weight excluding hydrogens is 574 g/mol. The summed E-state index contributed by atoms with van der Waals surface area (Å²) in [5.41, 5.74) is 4.53. The summed E-state index contributed by atoms with van der Waals surface area (Å²) in [6.45, 7) is 8.24. The van der Waals surface area contributed by atoms with Gasteiger partial charge in [0.15, 0.2) is 5.16 Å². The van der Waals surface area contributed by atoms with Crippen LogP contribution in [0.5, 0.6) is 0 Å². The Morgan fingerprint density at radius 2 is 1.59 bits per heavy atom. The Labute approximate surface area is 248 Å². The third-order valence-electron chi connectivity index (χ3n) is 7.32. The van der Waals surface area contributed by atoms with E-state index in [1.807, 2.05) is 30.5 Å². The average molecular weight is 604 g/mol. The van der Waals surface area contributed by atoms with E-state index < -0.39 is 5.41 Å². The molecule has 0 unspecified atom stereocenters. The van der Waals surface area contributed by atoms with Crippen LogP contribution in [0, 0.1) is 5.82 Å². The maximum Gasteiger partial charge on any atom is 0.173 e. The van der Waals surface area contributed by atoms with Crippen LogP contribution in [0.1, 0.15) is 30.7 Å². The number of hydrogen-bond acceptors (Lipinski definition) is 4. The lowest BCUT2D eigenvalue weighted by Gasteiger charge is -2.34. The van der Waals surface area contributed by atoms with Crippen LogP contribution < -0.4 is 4.90 Å². The Hall–Kier alpha value is -2.22. The highest BCUT2D eigenvalue weighted by Gasteiger charge is 2.30. The molecule has 3 aromatic carbocycles. The van der Waals surface area contributed by atoms with Crippen molar-refractivity contribution in [1.82, 2.24) is 14.5 Å². The molecule has 1 saturated heterocycles. The summed E-state index contributed by atoms with van der Waals surface area (Å²) in [5.74, 6) is 0.404. The molecule has 1 fully saturated rings. The summed E-state index contributed by atoms with van der Waals surface area (Å²) in [5, 5.41) is 2.59. The predicted octanol–water partition coefficient (Wildman–Crippen LogP) is 8.34. The molecule has 0 bridgehead atoms. The fraction of sp³-hybridized carbons (Fsp3) is 0.300. The zero-order valence-electron chi connectivity index (χ0n) is 22.1. The third-order valence-corrected chi connectivity index (χ3v) is 9.39. The van der Waals surface area contributed by atoms with Crippen molar-refractivity contribution in [3.63, 3.8) is 0 Å². The van der Waals surface area contributed by atoms with Crippen LogP contribution in [-0.4, -0.2) is 47.7 Å². The van der Waals surface area contributed by atoms with Gasteiger partial charge in [-0.3, -0.25) is 4.57 Å². The van der Waals surface area contributed by atoms with Crippen molar-refractivity contribution in [3.05, 3.63) is 105 Å². The number of likely N-dealkylation sites (N-methyl/N-ethyl adjacent to an activating group) is 1. The summed E-state index contributed by atoms with van der Waals surface area (Å²) in [6.07, 6.45) is 1.89. The number of imidazole rings is 1. The molecule has 1 aliphatic rings. The number of anilines is 1. The van der Waals surface area contributed by atoms with Crippen LogP contribution >= 0.6 is 46.6 Å². The van der Waals surface area contributed by atoms with E-state index in [1.54, 1.807) is 23.9 Å². The van der Waals surface area contributed by atoms with E-state index in [0.717, 1.165) is 64.6 Å². The molecule has 1 aromatic heterocycles. The van der Waals surface area contributed by atoms with Gasteiger partial charge in [-0.15, -0.1) is 0 Å². The molecular formula is C30H30Cl3FN4S. The van der Waals surface area contributed by atoms with Gasteiger partial charge in [-0.25, -0.2) is 9.37 Å². The van der Waals surface area contributed by atoms with Gasteiger partial charge in [0.25, 0.3) is 0 Å². The fourth-order valence-electron chi connectivity index (χ4n) is 4.84. The molecule has 0 aliphatic carbocycles. The summed E-state index contributed by atoms with van der Waals surface area (Å²) >= 11 is 20.9. The minimum absolute atomic E-state index is 0.284. The van der Waals surface area contributed by atoms with Crippen molar-refractivity contribution in [2.75, 3.05) is 38.1 Å². The minimum atomic E-state index is -0.456. The number of halogens is 4. The summed E-state index contributed by atoms with van der Waals surface area (Å²) < 4.78 is 15.9. The first-order valence-electron chi connectivity index (χ1n) is 12.8. The van der Waals surface area contributed by atoms with E-state index in [-0.39, 0.29) is 5.82 Å². The Bertz CT molecular complexity index is 1460. The first-order valence-corrected chi connectivity index (χ1v) is 14.9. The number of nitrogens with zero attached hydrogens (tertiary/aromatic N) is 4. The molecule has 4 nitrogen and oxygen atoms in total. The second-order valence-electron chi connectivity index (χ2n) is 10.4. The molecule has 0 saturated carbocycles. The minimum Gasteiger partial charge on any atom is -0.368 e. The summed E-state index contributed by atoms with van der Waals surface area (Å²) in [4.78, 5) is 9.48. The summed E-state index contributed by atoms with van der Waals surface area (Å²) in [7, 11) is 2.15. The molecule has 9 heteroatoms. The van der Waals surface area contributed by atoms with Gasteiger partial charge in [0, 0.05) is 43.0 Å². The van der Waals surface area contributed by atoms with E-state index in [4.69, 9.17) is 39.8 Å². The highest BCUT2D eigenvalue weighted by atomic mass is 35.5. The Balaban J connectivity index is 1.44. The molecule has 204 valence electrons. The Kier molecular flexibility index (Phi) is 8.51. The molecule has 0 radical (unpaired) electrons. The highest BCUT2D eigenvalue weighted by molar-refractivity contribution is 7.98. The van der Waals surface area contributed by atoms with Gasteiger partial charge in [-0.2, -0.15) is 0 Å². The maximum absolute atomic E-state index is 13.8. The van der Waals surface area contributed by atoms with Crippen LogP contribution in [0.15, 0.2) is 72.0 Å². The number of piperazine rings is 1. The van der Waals surface area contributed by atoms with Crippen LogP contribution in [0.2, 0.25) is 15.1 Å². The lowest BCUT2D eigenvalue weighted by atomic mass is 9.81. The fourth-order valence-corrected chi connectivity index (χ4v) is 6.40. The van der Waals surface area contributed by atoms with Crippen molar-refractivity contribution < 1.29 is 4.39 Å². The van der Waals surface area contributed by atoms with Gasteiger partial charge >= 0.3 is 0 Å². The first kappa shape index (κ1) is 28.3. The Morgan fingerprint density at radius 3 is 2.26 bits per heavy atom. The lowest BCUT2D eigenvalue weighted by Crippen LogP contribution is -2.44. The van der Waals surface area contributed by atoms with E-state index in [0.29, 0.717) is 15.8 Å². The maximum atomic E-state index is 13.8. The van der Waals surface area contributed by atoms with Crippen LogP contribution in [0.4, 0.5) is 10.1 Å². The topological polar surface area (TPSA) is 24.3 Å². The van der Waals surface area contributed by atoms with Gasteiger partial charge in [-0.05, 0) is 66.7 Å². The second-order valence-corrected chi connectivity index (χ2v) is 12.5. The molecule has 1 aliphatic heterocycles. The third kappa shape index (κ3) is 6.10. The van der Waals surface area contributed by atoms with Crippen molar-refractivity contribution >= 4 is 52.3 Å². The van der Waals surface area contributed by atoms with Crippen LogP contribution in [0.3, 0.4) is 0 Å². The van der Waals surface area contributed by atoms with Crippen molar-refractivity contribution in [2.24, 2.45) is 0 Å². The second kappa shape index (κ2) is 11.7. The summed E-state index contributed by atoms with van der Waals surface area (Å²) in [6, 6.07) is 18.5. The lowest BCUT2D eigenvalue weighted by molar-refractivity contribution is 0.313. The number of rotatable bonds is 7. The number of hydrogen-bond donors (Lipinski definition) is 0. The van der Waals surface area contributed by atoms with Gasteiger partial charge < -0.3 is 9.80 Å². The van der Waals surface area contributed by atoms with Crippen molar-refractivity contribution in [1.29, 1.82) is 0 Å². The number of thioether (sulfide) groups is 1. The predicted molar refractivity (Wildman–Crippen MR) is 163 cm³/mol. The van der Waals surface area contributed by atoms with Crippen molar-refractivity contribution in [2.45, 2.75) is 30.2 Å². The van der Waals surface area contributed by atoms with Gasteiger partial charge in [-0.1, -0.05) is 72.5 Å². The van der Waals surface area contributed by atoms with Crippen molar-refractivity contribution in [3.8, 4) is 5.69 Å². The first-order chi connectivity index (χ1) is 18.6. The van der Waals surface area contributed by atoms with E-state index >= 15 is 0 Å². The van der Waals surface area contributed by atoms with Crippen LogP contribution in [0.25, 0.3) is 5.69 Å². The van der Waals surface area contributed by atoms with Gasteiger partial charge in [0.2, 0.25) is 0 Å². The molecule has 5 rings (SSSR count). The van der Waals surface area contributed by atoms with E-state index in [1.165, 1.54) is 12.1 Å². The van der Waals surface area contributed by atoms with Gasteiger partial charge in [0.1, 0.15) is 5.82 Å².